The Hall–Kier alpha value is -1.86. The first-order chi connectivity index (χ1) is 20.1. The summed E-state index contributed by atoms with van der Waals surface area (Å²) in [6, 6.07) is -5.69. The summed E-state index contributed by atoms with van der Waals surface area (Å²) in [5, 5.41) is 76.1. The van der Waals surface area contributed by atoms with Gasteiger partial charge in [-0.2, -0.15) is 0 Å². The Morgan fingerprint density at radius 3 is 2.07 bits per heavy atom. The van der Waals surface area contributed by atoms with Crippen molar-refractivity contribution in [3.8, 4) is 0 Å². The molecule has 0 spiro atoms. The number of carbonyl (C=O) groups excluding carboxylic acids is 1. The van der Waals surface area contributed by atoms with Crippen molar-refractivity contribution in [1.82, 2.24) is 5.32 Å². The molecule has 0 aromatic heterocycles. The molecule has 4 rings (SSSR count). The number of aliphatic hydroxyl groups excluding tert-OH is 6. The molecular weight excluding hydrogens is 580 g/mol. The molecule has 4 aliphatic rings. The van der Waals surface area contributed by atoms with E-state index in [2.05, 4.69) is 10.3 Å². The van der Waals surface area contributed by atoms with Crippen molar-refractivity contribution in [2.75, 3.05) is 13.2 Å². The molecule has 0 radical (unpaired) electrons. The largest absolute Gasteiger partial charge is 0.394 e. The molecule has 0 aromatic rings. The SMILES string of the molecule is NC[C@H]1O[C@H](OC2[C@@H](N)C[C@@H](NC(=O)C3(O)CC3N)[C@H](O[C@H]3O[C@H](CO)[C@@H](O)[C@H](N)[C@H]3O)[C@H]2O)[C@H](N=C(N)N)[C@@H](O)[C@@H]1O. The smallest absolute Gasteiger partial charge is 0.253 e. The van der Waals surface area contributed by atoms with E-state index < -0.39 is 122 Å². The minimum atomic E-state index is -1.85. The molecule has 2 aliphatic carbocycles. The van der Waals surface area contributed by atoms with E-state index in [9.17, 15) is 40.5 Å². The zero-order valence-electron chi connectivity index (χ0n) is 23.1. The summed E-state index contributed by atoms with van der Waals surface area (Å²) in [4.78, 5) is 16.7. The fourth-order valence-electron chi connectivity index (χ4n) is 5.64. The summed E-state index contributed by atoms with van der Waals surface area (Å²) in [6.07, 6.45) is -16.4. The molecule has 43 heavy (non-hydrogen) atoms. The Bertz CT molecular complexity index is 1010. The molecule has 248 valence electrons. The Kier molecular flexibility index (Phi) is 10.5. The molecule has 2 aliphatic heterocycles. The second-order valence-corrected chi connectivity index (χ2v) is 11.5. The van der Waals surface area contributed by atoms with Crippen molar-refractivity contribution in [2.45, 2.75) is 116 Å². The lowest BCUT2D eigenvalue weighted by molar-refractivity contribution is -0.319. The first kappa shape index (κ1) is 34.0. The van der Waals surface area contributed by atoms with Gasteiger partial charge in [-0.25, -0.2) is 4.99 Å². The number of aliphatic imine (C=N–C) groups is 1. The third-order valence-electron chi connectivity index (χ3n) is 8.43. The second kappa shape index (κ2) is 13.2. The van der Waals surface area contributed by atoms with Crippen LogP contribution in [0, 0.1) is 0 Å². The summed E-state index contributed by atoms with van der Waals surface area (Å²) in [7, 11) is 0. The molecule has 20 heteroatoms. The molecule has 0 aromatic carbocycles. The summed E-state index contributed by atoms with van der Waals surface area (Å²) < 4.78 is 23.1. The second-order valence-electron chi connectivity index (χ2n) is 11.5. The maximum Gasteiger partial charge on any atom is 0.253 e. The first-order valence-electron chi connectivity index (χ1n) is 13.9. The first-order valence-corrected chi connectivity index (χ1v) is 13.9. The van der Waals surface area contributed by atoms with E-state index in [-0.39, 0.29) is 19.4 Å². The Labute approximate surface area is 245 Å². The quantitative estimate of drug-likeness (QED) is 0.0835. The minimum absolute atomic E-state index is 0.00548. The van der Waals surface area contributed by atoms with E-state index in [1.165, 1.54) is 0 Å². The number of hydrogen-bond acceptors (Lipinski definition) is 17. The highest BCUT2D eigenvalue weighted by Gasteiger charge is 2.59. The monoisotopic (exact) mass is 624 g/mol. The van der Waals surface area contributed by atoms with Crippen molar-refractivity contribution in [2.24, 2.45) is 39.4 Å². The number of hydrogen-bond donors (Lipinski definition) is 14. The maximum absolute atomic E-state index is 12.9. The normalized spacial score (nSPS) is 50.1. The van der Waals surface area contributed by atoms with Crippen LogP contribution < -0.4 is 39.7 Å². The molecule has 3 unspecified atom stereocenters. The standard InChI is InChI=1S/C23H44N8O12/c24-3-7-13(34)15(36)11(31-22(28)29)19(40-7)42-17-5(25)1-6(30-21(38)23(39)2-9(23)26)18(16(17)37)43-20-14(35)10(27)12(33)8(4-32)41-20/h5-20,32-37,39H,1-4,24-27H2,(H,30,38)(H4,28,29,31)/t5-,6+,7+,8+,9?,10-,11+,12+,13+,14+,15+,16-,17?,18-,19+,20+,23?/m0/s1. The molecule has 4 fully saturated rings. The zero-order valence-corrected chi connectivity index (χ0v) is 23.1. The number of ether oxygens (including phenoxy) is 4. The summed E-state index contributed by atoms with van der Waals surface area (Å²) in [5.74, 6) is -1.32. The van der Waals surface area contributed by atoms with Crippen LogP contribution in [0.15, 0.2) is 4.99 Å². The molecule has 0 bridgehead atoms. The van der Waals surface area contributed by atoms with Gasteiger partial charge in [0.15, 0.2) is 24.1 Å². The lowest BCUT2D eigenvalue weighted by Gasteiger charge is -2.49. The highest BCUT2D eigenvalue weighted by molar-refractivity contribution is 5.89. The van der Waals surface area contributed by atoms with Gasteiger partial charge in [0.2, 0.25) is 0 Å². The summed E-state index contributed by atoms with van der Waals surface area (Å²) >= 11 is 0. The Morgan fingerprint density at radius 1 is 0.907 bits per heavy atom. The number of amides is 1. The van der Waals surface area contributed by atoms with E-state index >= 15 is 0 Å². The Balaban J connectivity index is 1.61. The number of nitrogens with two attached hydrogens (primary N) is 6. The van der Waals surface area contributed by atoms with E-state index in [4.69, 9.17) is 53.3 Å². The van der Waals surface area contributed by atoms with Crippen LogP contribution in [-0.2, 0) is 23.7 Å². The molecule has 17 atom stereocenters. The number of carbonyl (C=O) groups is 1. The fraction of sp³-hybridized carbons (Fsp3) is 0.913. The van der Waals surface area contributed by atoms with Gasteiger partial charge < -0.3 is 94.4 Å². The van der Waals surface area contributed by atoms with Gasteiger partial charge in [-0.1, -0.05) is 0 Å². The molecule has 1 amide bonds. The van der Waals surface area contributed by atoms with Gasteiger partial charge >= 0.3 is 0 Å². The van der Waals surface area contributed by atoms with Crippen molar-refractivity contribution >= 4 is 11.9 Å². The van der Waals surface area contributed by atoms with Crippen molar-refractivity contribution in [1.29, 1.82) is 0 Å². The molecule has 20 nitrogen and oxygen atoms in total. The fourth-order valence-corrected chi connectivity index (χ4v) is 5.64. The third kappa shape index (κ3) is 6.73. The van der Waals surface area contributed by atoms with E-state index in [1.807, 2.05) is 0 Å². The number of aliphatic hydroxyl groups is 7. The molecule has 2 saturated carbocycles. The summed E-state index contributed by atoms with van der Waals surface area (Å²) in [5.41, 5.74) is 32.8. The van der Waals surface area contributed by atoms with Crippen molar-refractivity contribution in [3.63, 3.8) is 0 Å². The number of nitrogens with one attached hydrogen (secondary N) is 1. The third-order valence-corrected chi connectivity index (χ3v) is 8.43. The zero-order chi connectivity index (χ0) is 32.0. The van der Waals surface area contributed by atoms with Crippen LogP contribution in [0.25, 0.3) is 0 Å². The van der Waals surface area contributed by atoms with Gasteiger partial charge in [0.1, 0.15) is 61.0 Å². The van der Waals surface area contributed by atoms with Crippen LogP contribution >= 0.6 is 0 Å². The van der Waals surface area contributed by atoms with Gasteiger partial charge in [0.25, 0.3) is 5.91 Å². The van der Waals surface area contributed by atoms with E-state index in [1.54, 1.807) is 0 Å². The van der Waals surface area contributed by atoms with Gasteiger partial charge in [0.05, 0.1) is 18.7 Å². The Morgan fingerprint density at radius 2 is 1.51 bits per heavy atom. The van der Waals surface area contributed by atoms with Gasteiger partial charge in [-0.15, -0.1) is 0 Å². The minimum Gasteiger partial charge on any atom is -0.394 e. The van der Waals surface area contributed by atoms with Crippen molar-refractivity contribution < 1.29 is 59.5 Å². The van der Waals surface area contributed by atoms with Crippen molar-refractivity contribution in [3.05, 3.63) is 0 Å². The molecule has 20 N–H and O–H groups in total. The van der Waals surface area contributed by atoms with Gasteiger partial charge in [-0.05, 0) is 6.42 Å². The average molecular weight is 625 g/mol. The number of rotatable bonds is 9. The van der Waals surface area contributed by atoms with Gasteiger partial charge in [-0.3, -0.25) is 4.79 Å². The maximum atomic E-state index is 12.9. The highest BCUT2D eigenvalue weighted by atomic mass is 16.7. The lowest BCUT2D eigenvalue weighted by atomic mass is 9.83. The van der Waals surface area contributed by atoms with E-state index in [0.29, 0.717) is 0 Å². The van der Waals surface area contributed by atoms with Crippen LogP contribution in [0.3, 0.4) is 0 Å². The highest BCUT2D eigenvalue weighted by Crippen LogP contribution is 2.36. The average Bonchev–Trinajstić information content (AvgIpc) is 3.58. The van der Waals surface area contributed by atoms with Gasteiger partial charge in [0, 0.05) is 25.0 Å². The van der Waals surface area contributed by atoms with E-state index in [0.717, 1.165) is 0 Å². The summed E-state index contributed by atoms with van der Waals surface area (Å²) in [6.45, 7) is -0.913. The lowest BCUT2D eigenvalue weighted by Crippen LogP contribution is -2.69. The van der Waals surface area contributed by atoms with Crippen LogP contribution in [0.1, 0.15) is 12.8 Å². The molecular formula is C23H44N8O12. The predicted octanol–water partition coefficient (Wildman–Crippen LogP) is -9.39. The topological polar surface area (TPSA) is 376 Å². The van der Waals surface area contributed by atoms with Crippen LogP contribution in [-0.4, -0.2) is 164 Å². The predicted molar refractivity (Wildman–Crippen MR) is 143 cm³/mol. The van der Waals surface area contributed by atoms with Crippen LogP contribution in [0.4, 0.5) is 0 Å². The number of nitrogens with zero attached hydrogens (tertiary/aromatic N) is 1. The van der Waals surface area contributed by atoms with Crippen LogP contribution in [0.2, 0.25) is 0 Å². The molecule has 2 heterocycles. The van der Waals surface area contributed by atoms with Crippen LogP contribution in [0.5, 0.6) is 0 Å². The number of guanidine groups is 1. The molecule has 2 saturated heterocycles.